The lowest BCUT2D eigenvalue weighted by atomic mass is 9.91. The topological polar surface area (TPSA) is 47.3 Å². The van der Waals surface area contributed by atoms with E-state index in [2.05, 4.69) is 19.2 Å². The molecule has 0 aromatic carbocycles. The van der Waals surface area contributed by atoms with Crippen molar-refractivity contribution in [3.05, 3.63) is 0 Å². The van der Waals surface area contributed by atoms with E-state index in [9.17, 15) is 0 Å². The smallest absolute Gasteiger partial charge is 0.0659 e. The van der Waals surface area contributed by atoms with Crippen LogP contribution in [0, 0.1) is 5.41 Å². The highest BCUT2D eigenvalue weighted by Crippen LogP contribution is 2.37. The van der Waals surface area contributed by atoms with Gasteiger partial charge in [0.1, 0.15) is 0 Å². The first-order valence-electron chi connectivity index (χ1n) is 6.09. The lowest BCUT2D eigenvalue weighted by Crippen LogP contribution is -2.51. The summed E-state index contributed by atoms with van der Waals surface area (Å²) >= 11 is 0. The summed E-state index contributed by atoms with van der Waals surface area (Å²) in [5, 5.41) is 3.61. The van der Waals surface area contributed by atoms with Crippen molar-refractivity contribution in [1.29, 1.82) is 0 Å². The third-order valence-corrected chi connectivity index (χ3v) is 3.85. The molecule has 0 radical (unpaired) electrons. The fourth-order valence-electron chi connectivity index (χ4n) is 2.72. The zero-order valence-electron chi connectivity index (χ0n) is 10.0. The van der Waals surface area contributed by atoms with E-state index in [1.54, 1.807) is 0 Å². The Morgan fingerprint density at radius 1 is 1.40 bits per heavy atom. The van der Waals surface area contributed by atoms with E-state index in [1.165, 1.54) is 19.3 Å². The zero-order chi connectivity index (χ0) is 10.9. The molecule has 1 saturated heterocycles. The highest BCUT2D eigenvalue weighted by molar-refractivity contribution is 4.93. The van der Waals surface area contributed by atoms with Crippen LogP contribution in [0.25, 0.3) is 0 Å². The molecule has 1 heterocycles. The molecule has 88 valence electrons. The summed E-state index contributed by atoms with van der Waals surface area (Å²) < 4.78 is 5.35. The van der Waals surface area contributed by atoms with E-state index < -0.39 is 0 Å². The summed E-state index contributed by atoms with van der Waals surface area (Å²) in [7, 11) is 0. The van der Waals surface area contributed by atoms with Gasteiger partial charge in [-0.15, -0.1) is 0 Å². The number of nitrogens with two attached hydrogens (primary N) is 1. The van der Waals surface area contributed by atoms with Gasteiger partial charge in [0.15, 0.2) is 0 Å². The number of nitrogens with one attached hydrogen (secondary N) is 1. The summed E-state index contributed by atoms with van der Waals surface area (Å²) in [5.41, 5.74) is 6.63. The van der Waals surface area contributed by atoms with Gasteiger partial charge in [-0.05, 0) is 31.1 Å². The van der Waals surface area contributed by atoms with Gasteiger partial charge in [-0.1, -0.05) is 13.8 Å². The highest BCUT2D eigenvalue weighted by Gasteiger charge is 2.34. The molecule has 1 aliphatic carbocycles. The summed E-state index contributed by atoms with van der Waals surface area (Å²) in [6.45, 7) is 7.16. The van der Waals surface area contributed by atoms with Crippen LogP contribution in [0.4, 0.5) is 0 Å². The molecule has 2 fully saturated rings. The molecule has 1 aliphatic heterocycles. The molecule has 0 amide bonds. The average Bonchev–Trinajstić information content (AvgIpc) is 2.70. The van der Waals surface area contributed by atoms with E-state index in [-0.39, 0.29) is 5.54 Å². The Morgan fingerprint density at radius 3 is 2.73 bits per heavy atom. The minimum Gasteiger partial charge on any atom is -0.379 e. The molecule has 3 nitrogen and oxygen atoms in total. The van der Waals surface area contributed by atoms with Crippen molar-refractivity contribution < 1.29 is 4.74 Å². The molecule has 0 spiro atoms. The number of hydrogen-bond acceptors (Lipinski definition) is 3. The highest BCUT2D eigenvalue weighted by atomic mass is 16.5. The second-order valence-corrected chi connectivity index (χ2v) is 6.15. The second kappa shape index (κ2) is 4.04. The number of ether oxygens (including phenoxy) is 1. The molecule has 2 aliphatic rings. The van der Waals surface area contributed by atoms with Gasteiger partial charge < -0.3 is 15.8 Å². The van der Waals surface area contributed by atoms with Crippen LogP contribution in [0.2, 0.25) is 0 Å². The minimum atomic E-state index is -0.104. The maximum Gasteiger partial charge on any atom is 0.0659 e. The largest absolute Gasteiger partial charge is 0.379 e. The van der Waals surface area contributed by atoms with Crippen molar-refractivity contribution in [1.82, 2.24) is 5.32 Å². The summed E-state index contributed by atoms with van der Waals surface area (Å²) in [5.74, 6) is 0. The molecule has 15 heavy (non-hydrogen) atoms. The Balaban J connectivity index is 1.74. The van der Waals surface area contributed by atoms with Crippen molar-refractivity contribution in [2.45, 2.75) is 51.1 Å². The van der Waals surface area contributed by atoms with Crippen molar-refractivity contribution >= 4 is 0 Å². The van der Waals surface area contributed by atoms with Crippen LogP contribution in [-0.2, 0) is 4.74 Å². The van der Waals surface area contributed by atoms with Gasteiger partial charge in [0.25, 0.3) is 0 Å². The zero-order valence-corrected chi connectivity index (χ0v) is 10.0. The van der Waals surface area contributed by atoms with Gasteiger partial charge in [-0.25, -0.2) is 0 Å². The Hall–Kier alpha value is -0.120. The van der Waals surface area contributed by atoms with Gasteiger partial charge in [0.05, 0.1) is 12.1 Å². The molecule has 0 aromatic rings. The van der Waals surface area contributed by atoms with Crippen LogP contribution in [0.3, 0.4) is 0 Å². The second-order valence-electron chi connectivity index (χ2n) is 6.15. The molecule has 2 unspecified atom stereocenters. The molecule has 1 saturated carbocycles. The fraction of sp³-hybridized carbons (Fsp3) is 1.00. The Labute approximate surface area is 92.7 Å². The third kappa shape index (κ3) is 2.92. The first kappa shape index (κ1) is 11.4. The van der Waals surface area contributed by atoms with Gasteiger partial charge in [-0.2, -0.15) is 0 Å². The van der Waals surface area contributed by atoms with Crippen molar-refractivity contribution in [3.8, 4) is 0 Å². The molecule has 2 rings (SSSR count). The summed E-state index contributed by atoms with van der Waals surface area (Å²) in [4.78, 5) is 0. The first-order valence-corrected chi connectivity index (χ1v) is 6.09. The average molecular weight is 212 g/mol. The summed E-state index contributed by atoms with van der Waals surface area (Å²) in [6, 6.07) is 0.668. The molecule has 3 heteroatoms. The molecule has 2 atom stereocenters. The van der Waals surface area contributed by atoms with E-state index >= 15 is 0 Å². The van der Waals surface area contributed by atoms with Gasteiger partial charge >= 0.3 is 0 Å². The Kier molecular flexibility index (Phi) is 3.06. The maximum absolute atomic E-state index is 6.22. The predicted octanol–water partition coefficient (Wildman–Crippen LogP) is 1.27. The van der Waals surface area contributed by atoms with Crippen LogP contribution in [0.1, 0.15) is 39.5 Å². The van der Waals surface area contributed by atoms with Crippen LogP contribution in [-0.4, -0.2) is 31.3 Å². The lowest BCUT2D eigenvalue weighted by molar-refractivity contribution is 0.176. The van der Waals surface area contributed by atoms with Crippen LogP contribution in [0.5, 0.6) is 0 Å². The van der Waals surface area contributed by atoms with Crippen LogP contribution < -0.4 is 11.1 Å². The third-order valence-electron chi connectivity index (χ3n) is 3.85. The molecule has 0 bridgehead atoms. The molecule has 3 N–H and O–H groups in total. The van der Waals surface area contributed by atoms with E-state index in [4.69, 9.17) is 10.5 Å². The molecule has 0 aromatic heterocycles. The monoisotopic (exact) mass is 212 g/mol. The number of rotatable bonds is 3. The molecular weight excluding hydrogens is 188 g/mol. The van der Waals surface area contributed by atoms with Gasteiger partial charge in [0, 0.05) is 19.2 Å². The van der Waals surface area contributed by atoms with Crippen molar-refractivity contribution in [3.63, 3.8) is 0 Å². The van der Waals surface area contributed by atoms with E-state index in [0.29, 0.717) is 11.5 Å². The van der Waals surface area contributed by atoms with Gasteiger partial charge in [0.2, 0.25) is 0 Å². The minimum absolute atomic E-state index is 0.104. The maximum atomic E-state index is 6.22. The first-order chi connectivity index (χ1) is 6.99. The number of hydrogen-bond donors (Lipinski definition) is 2. The Bertz CT molecular complexity index is 222. The lowest BCUT2D eigenvalue weighted by Gasteiger charge is -2.25. The summed E-state index contributed by atoms with van der Waals surface area (Å²) in [6.07, 6.45) is 4.91. The normalized spacial score (nSPS) is 39.8. The molecular formula is C12H24N2O. The Morgan fingerprint density at radius 2 is 2.20 bits per heavy atom. The van der Waals surface area contributed by atoms with E-state index in [1.807, 2.05) is 0 Å². The van der Waals surface area contributed by atoms with Crippen molar-refractivity contribution in [2.24, 2.45) is 11.1 Å². The van der Waals surface area contributed by atoms with E-state index in [0.717, 1.165) is 26.2 Å². The quantitative estimate of drug-likeness (QED) is 0.740. The van der Waals surface area contributed by atoms with Gasteiger partial charge in [-0.3, -0.25) is 0 Å². The van der Waals surface area contributed by atoms with Crippen LogP contribution >= 0.6 is 0 Å². The van der Waals surface area contributed by atoms with Crippen LogP contribution in [0.15, 0.2) is 0 Å². The predicted molar refractivity (Wildman–Crippen MR) is 61.8 cm³/mol. The van der Waals surface area contributed by atoms with Crippen molar-refractivity contribution in [2.75, 3.05) is 19.8 Å². The standard InChI is InChI=1S/C12H24N2O/c1-11(2)4-3-10(7-11)14-8-12(13)5-6-15-9-12/h10,14H,3-9,13H2,1-2H3. The SMILES string of the molecule is CC1(C)CCC(NCC2(N)CCOC2)C1. The fourth-order valence-corrected chi connectivity index (χ4v) is 2.72.